The normalized spacial score (nSPS) is 24.5. The first kappa shape index (κ1) is 35.5. The van der Waals surface area contributed by atoms with Gasteiger partial charge < -0.3 is 34.3 Å². The van der Waals surface area contributed by atoms with Crippen molar-refractivity contribution in [1.82, 2.24) is 10.2 Å². The number of esters is 2. The van der Waals surface area contributed by atoms with Crippen LogP contribution in [0.15, 0.2) is 60.2 Å². The molecule has 0 aromatic heterocycles. The second-order valence-electron chi connectivity index (χ2n) is 14.2. The highest BCUT2D eigenvalue weighted by Gasteiger charge is 2.55. The molecule has 4 aliphatic rings. The molecule has 5 atom stereocenters. The molecule has 2 amide bonds. The second-order valence-corrected chi connectivity index (χ2v) is 15.3. The molecule has 2 fully saturated rings. The van der Waals surface area contributed by atoms with Crippen LogP contribution < -0.4 is 5.32 Å². The maximum Gasteiger partial charge on any atom is 0.339 e. The Morgan fingerprint density at radius 2 is 1.76 bits per heavy atom. The monoisotopic (exact) mass is 786 g/mol. The molecule has 2 N–H and O–H groups in total. The van der Waals surface area contributed by atoms with Crippen LogP contribution >= 0.6 is 22.6 Å². The van der Waals surface area contributed by atoms with Crippen LogP contribution in [0.5, 0.6) is 0 Å². The molecule has 1 spiro atoms. The lowest BCUT2D eigenvalue weighted by Crippen LogP contribution is -2.51. The van der Waals surface area contributed by atoms with Gasteiger partial charge in [0, 0.05) is 41.4 Å². The number of hydrogen-bond donors (Lipinski definition) is 2. The molecule has 2 aromatic carbocycles. The number of fused-ring (bicyclic) bond motifs is 2. The third kappa shape index (κ3) is 8.03. The van der Waals surface area contributed by atoms with Crippen molar-refractivity contribution in [2.75, 3.05) is 13.2 Å². The number of ether oxygens (including phenoxy) is 4. The summed E-state index contributed by atoms with van der Waals surface area (Å²) in [7, 11) is 0. The highest BCUT2D eigenvalue weighted by atomic mass is 127. The van der Waals surface area contributed by atoms with Gasteiger partial charge in [-0.2, -0.15) is 0 Å². The van der Waals surface area contributed by atoms with E-state index in [4.69, 9.17) is 18.9 Å². The van der Waals surface area contributed by atoms with Crippen LogP contribution in [0.25, 0.3) is 0 Å². The summed E-state index contributed by atoms with van der Waals surface area (Å²) in [5.41, 5.74) is 2.44. The van der Waals surface area contributed by atoms with Gasteiger partial charge in [0.05, 0.1) is 18.2 Å². The van der Waals surface area contributed by atoms with Crippen LogP contribution in [0.2, 0.25) is 0 Å². The van der Waals surface area contributed by atoms with E-state index in [1.165, 1.54) is 0 Å². The number of nitrogens with zero attached hydrogens (tertiary/aromatic N) is 1. The fourth-order valence-corrected chi connectivity index (χ4v) is 7.75. The van der Waals surface area contributed by atoms with Gasteiger partial charge in [-0.15, -0.1) is 0 Å². The molecule has 0 bridgehead atoms. The lowest BCUT2D eigenvalue weighted by Gasteiger charge is -2.33. The zero-order valence-corrected chi connectivity index (χ0v) is 30.1. The number of carbonyl (C=O) groups is 4. The average molecular weight is 787 g/mol. The predicted octanol–water partition coefficient (Wildman–Crippen LogP) is 4.02. The molecule has 2 heterocycles. The molecule has 11 nitrogen and oxygen atoms in total. The largest absolute Gasteiger partial charge is 0.460 e. The first-order chi connectivity index (χ1) is 23.3. The summed E-state index contributed by atoms with van der Waals surface area (Å²) < 4.78 is 25.4. The molecule has 5 unspecified atom stereocenters. The Balaban J connectivity index is 1.18. The topological polar surface area (TPSA) is 141 Å². The van der Waals surface area contributed by atoms with Crippen LogP contribution in [-0.4, -0.2) is 88.7 Å². The number of amides is 2. The zero-order valence-electron chi connectivity index (χ0n) is 28.0. The molecule has 2 aromatic rings. The van der Waals surface area contributed by atoms with Gasteiger partial charge in [-0.05, 0) is 92.0 Å². The number of likely N-dealkylation sites (tertiary alicyclic amines) is 1. The van der Waals surface area contributed by atoms with Crippen LogP contribution in [0, 0.1) is 3.57 Å². The van der Waals surface area contributed by atoms with Gasteiger partial charge in [0.1, 0.15) is 30.0 Å². The Morgan fingerprint density at radius 3 is 2.43 bits per heavy atom. The fourth-order valence-electron chi connectivity index (χ4n) is 7.14. The molecule has 2 saturated heterocycles. The molecular formula is C37H43IN2O9. The van der Waals surface area contributed by atoms with Gasteiger partial charge >= 0.3 is 11.9 Å². The number of carbonyl (C=O) groups excluding carboxylic acids is 4. The molecule has 12 heteroatoms. The third-order valence-corrected chi connectivity index (χ3v) is 10.3. The number of aliphatic hydroxyl groups is 1. The smallest absolute Gasteiger partial charge is 0.339 e. The van der Waals surface area contributed by atoms with E-state index in [-0.39, 0.29) is 31.8 Å². The van der Waals surface area contributed by atoms with Gasteiger partial charge in [0.2, 0.25) is 11.8 Å². The second kappa shape index (κ2) is 14.5. The molecule has 0 radical (unpaired) electrons. The van der Waals surface area contributed by atoms with E-state index in [9.17, 15) is 24.3 Å². The van der Waals surface area contributed by atoms with Crippen molar-refractivity contribution < 1.29 is 43.2 Å². The maximum atomic E-state index is 14.2. The molecule has 2 aliphatic carbocycles. The minimum Gasteiger partial charge on any atom is -0.460 e. The molecule has 6 rings (SSSR count). The summed E-state index contributed by atoms with van der Waals surface area (Å²) in [5.74, 6) is -2.59. The zero-order chi connectivity index (χ0) is 34.9. The van der Waals surface area contributed by atoms with Crippen LogP contribution in [0.4, 0.5) is 0 Å². The van der Waals surface area contributed by atoms with Crippen LogP contribution in [0.3, 0.4) is 0 Å². The van der Waals surface area contributed by atoms with Crippen LogP contribution in [-0.2, 0) is 46.2 Å². The summed E-state index contributed by atoms with van der Waals surface area (Å²) in [6.07, 6.45) is 2.18. The first-order valence-corrected chi connectivity index (χ1v) is 18.0. The van der Waals surface area contributed by atoms with Crippen molar-refractivity contribution in [3.63, 3.8) is 0 Å². The van der Waals surface area contributed by atoms with E-state index in [1.54, 1.807) is 43.9 Å². The summed E-state index contributed by atoms with van der Waals surface area (Å²) in [6.45, 7) is 5.33. The maximum absolute atomic E-state index is 14.2. The lowest BCUT2D eigenvalue weighted by atomic mass is 9.91. The van der Waals surface area contributed by atoms with Crippen molar-refractivity contribution in [3.05, 3.63) is 80.4 Å². The number of hydrogen-bond acceptors (Lipinski definition) is 9. The summed E-state index contributed by atoms with van der Waals surface area (Å²) in [4.78, 5) is 54.9. The SMILES string of the molecule is CC(C)(C)OC(=O)CCC(CO)NC(=O)C1CCCN1C(=O)C1=CC2OC3(Cc4ccccc4C3)OC2C(OC(=O)c2ccccc2I)C1. The van der Waals surface area contributed by atoms with E-state index in [2.05, 4.69) is 40.0 Å². The first-order valence-electron chi connectivity index (χ1n) is 16.9. The number of nitrogens with one attached hydrogen (secondary N) is 1. The Kier molecular flexibility index (Phi) is 10.5. The lowest BCUT2D eigenvalue weighted by molar-refractivity contribution is -0.172. The van der Waals surface area contributed by atoms with E-state index in [0.717, 1.165) is 14.7 Å². The summed E-state index contributed by atoms with van der Waals surface area (Å²) in [5, 5.41) is 12.8. The van der Waals surface area contributed by atoms with E-state index < -0.39 is 59.6 Å². The number of rotatable bonds is 9. The van der Waals surface area contributed by atoms with Crippen molar-refractivity contribution in [3.8, 4) is 0 Å². The molecular weight excluding hydrogens is 743 g/mol. The van der Waals surface area contributed by atoms with E-state index in [0.29, 0.717) is 43.4 Å². The molecule has 49 heavy (non-hydrogen) atoms. The van der Waals surface area contributed by atoms with Crippen molar-refractivity contribution in [2.45, 2.75) is 108 Å². The molecule has 2 aliphatic heterocycles. The highest BCUT2D eigenvalue weighted by Crippen LogP contribution is 2.45. The van der Waals surface area contributed by atoms with Crippen LogP contribution in [0.1, 0.15) is 74.4 Å². The standard InChI is InChI=1S/C37H43IN2O9/c1-36(2,3)48-31(42)15-14-25(21-41)39-33(43)28-13-8-16-40(28)34(44)24-17-29(46-35(45)26-11-6-7-12-27(26)38)32-30(18-24)47-37(49-32)19-22-9-4-5-10-23(22)20-37/h4-7,9-12,18,25,28-30,32,41H,8,13-17,19-21H2,1-3H3,(H,39,43). The average Bonchev–Trinajstić information content (AvgIpc) is 3.78. The Bertz CT molecular complexity index is 1610. The summed E-state index contributed by atoms with van der Waals surface area (Å²) in [6, 6.07) is 13.8. The van der Waals surface area contributed by atoms with E-state index >= 15 is 0 Å². The number of benzene rings is 2. The minimum atomic E-state index is -0.936. The van der Waals surface area contributed by atoms with Gasteiger partial charge in [0.25, 0.3) is 0 Å². The third-order valence-electron chi connectivity index (χ3n) is 9.34. The van der Waals surface area contributed by atoms with Gasteiger partial charge in [-0.25, -0.2) is 4.79 Å². The quantitative estimate of drug-likeness (QED) is 0.285. The Labute approximate surface area is 299 Å². The number of halogens is 1. The molecule has 262 valence electrons. The predicted molar refractivity (Wildman–Crippen MR) is 186 cm³/mol. The summed E-state index contributed by atoms with van der Waals surface area (Å²) >= 11 is 2.09. The Hall–Kier alpha value is -3.33. The van der Waals surface area contributed by atoms with Gasteiger partial charge in [0.15, 0.2) is 5.79 Å². The van der Waals surface area contributed by atoms with Crippen molar-refractivity contribution in [1.29, 1.82) is 0 Å². The van der Waals surface area contributed by atoms with Gasteiger partial charge in [-0.3, -0.25) is 14.4 Å². The van der Waals surface area contributed by atoms with Crippen molar-refractivity contribution in [2.24, 2.45) is 0 Å². The highest BCUT2D eigenvalue weighted by molar-refractivity contribution is 14.1. The fraction of sp³-hybridized carbons (Fsp3) is 0.514. The molecule has 0 saturated carbocycles. The minimum absolute atomic E-state index is 0.0301. The van der Waals surface area contributed by atoms with E-state index in [1.807, 2.05) is 24.3 Å². The van der Waals surface area contributed by atoms with Crippen molar-refractivity contribution >= 4 is 46.3 Å². The number of aliphatic hydroxyl groups excluding tert-OH is 1. The van der Waals surface area contributed by atoms with Gasteiger partial charge in [-0.1, -0.05) is 36.4 Å². The Morgan fingerprint density at radius 1 is 1.06 bits per heavy atom.